The first-order valence-corrected chi connectivity index (χ1v) is 7.42. The third-order valence-corrected chi connectivity index (χ3v) is 4.17. The van der Waals surface area contributed by atoms with Crippen molar-refractivity contribution in [3.8, 4) is 16.9 Å². The van der Waals surface area contributed by atoms with Gasteiger partial charge in [-0.05, 0) is 39.2 Å². The molecule has 0 aliphatic carbocycles. The zero-order valence-electron chi connectivity index (χ0n) is 12.4. The van der Waals surface area contributed by atoms with Gasteiger partial charge in [-0.15, -0.1) is 0 Å². The molecule has 4 aromatic carbocycles. The van der Waals surface area contributed by atoms with Gasteiger partial charge in [-0.25, -0.2) is 0 Å². The third-order valence-electron chi connectivity index (χ3n) is 4.17. The first kappa shape index (κ1) is 12.9. The molecule has 106 valence electrons. The Kier molecular flexibility index (Phi) is 3.05. The van der Waals surface area contributed by atoms with Crippen molar-refractivity contribution in [2.24, 2.45) is 0 Å². The van der Waals surface area contributed by atoms with Crippen molar-refractivity contribution in [2.45, 2.75) is 0 Å². The zero-order chi connectivity index (χ0) is 14.9. The molecule has 0 fully saturated rings. The van der Waals surface area contributed by atoms with E-state index in [2.05, 4.69) is 66.7 Å². The van der Waals surface area contributed by atoms with E-state index < -0.39 is 0 Å². The summed E-state index contributed by atoms with van der Waals surface area (Å²) in [7, 11) is 1.72. The molecule has 0 atom stereocenters. The second-order valence-corrected chi connectivity index (χ2v) is 5.39. The highest BCUT2D eigenvalue weighted by Crippen LogP contribution is 2.38. The minimum atomic E-state index is 0.905. The van der Waals surface area contributed by atoms with Gasteiger partial charge >= 0.3 is 0 Å². The van der Waals surface area contributed by atoms with Crippen LogP contribution in [0.4, 0.5) is 0 Å². The maximum absolute atomic E-state index is 5.56. The van der Waals surface area contributed by atoms with Gasteiger partial charge in [-0.1, -0.05) is 66.7 Å². The molecule has 0 saturated heterocycles. The van der Waals surface area contributed by atoms with Crippen molar-refractivity contribution < 1.29 is 4.74 Å². The monoisotopic (exact) mass is 284 g/mol. The number of ether oxygens (including phenoxy) is 1. The summed E-state index contributed by atoms with van der Waals surface area (Å²) in [5, 5.41) is 5.08. The topological polar surface area (TPSA) is 9.23 Å². The van der Waals surface area contributed by atoms with Crippen LogP contribution in [0.2, 0.25) is 0 Å². The molecule has 0 aliphatic heterocycles. The van der Waals surface area contributed by atoms with Crippen LogP contribution < -0.4 is 4.74 Å². The predicted molar refractivity (Wildman–Crippen MR) is 93.4 cm³/mol. The number of methoxy groups -OCH3 is 1. The molecule has 0 aliphatic rings. The van der Waals surface area contributed by atoms with Crippen LogP contribution >= 0.6 is 0 Å². The van der Waals surface area contributed by atoms with Crippen molar-refractivity contribution in [1.29, 1.82) is 0 Å². The Labute approximate surface area is 129 Å². The van der Waals surface area contributed by atoms with Crippen LogP contribution in [0.5, 0.6) is 5.75 Å². The highest BCUT2D eigenvalue weighted by molar-refractivity contribution is 6.14. The van der Waals surface area contributed by atoms with Crippen LogP contribution in [-0.2, 0) is 0 Å². The summed E-state index contributed by atoms with van der Waals surface area (Å²) in [6.45, 7) is 0. The van der Waals surface area contributed by atoms with Gasteiger partial charge in [-0.3, -0.25) is 0 Å². The molecule has 0 unspecified atom stereocenters. The van der Waals surface area contributed by atoms with Crippen molar-refractivity contribution in [2.75, 3.05) is 7.11 Å². The lowest BCUT2D eigenvalue weighted by Crippen LogP contribution is -1.89. The molecule has 0 saturated carbocycles. The first-order valence-electron chi connectivity index (χ1n) is 7.42. The van der Waals surface area contributed by atoms with Crippen molar-refractivity contribution in [3.05, 3.63) is 78.9 Å². The fraction of sp³-hybridized carbons (Fsp3) is 0.0476. The fourth-order valence-electron chi connectivity index (χ4n) is 3.14. The molecule has 0 heterocycles. The summed E-state index contributed by atoms with van der Waals surface area (Å²) < 4.78 is 5.56. The number of rotatable bonds is 2. The molecular formula is C21H16O. The van der Waals surface area contributed by atoms with Crippen LogP contribution in [0.25, 0.3) is 32.7 Å². The Morgan fingerprint density at radius 1 is 0.591 bits per heavy atom. The summed E-state index contributed by atoms with van der Waals surface area (Å²) >= 11 is 0. The molecular weight excluding hydrogens is 268 g/mol. The fourth-order valence-corrected chi connectivity index (χ4v) is 3.14. The highest BCUT2D eigenvalue weighted by atomic mass is 16.5. The smallest absolute Gasteiger partial charge is 0.126 e. The van der Waals surface area contributed by atoms with Crippen molar-refractivity contribution in [1.82, 2.24) is 0 Å². The molecule has 1 nitrogen and oxygen atoms in total. The van der Waals surface area contributed by atoms with Crippen LogP contribution in [0.3, 0.4) is 0 Å². The molecule has 0 radical (unpaired) electrons. The Morgan fingerprint density at radius 2 is 1.23 bits per heavy atom. The predicted octanol–water partition coefficient (Wildman–Crippen LogP) is 5.67. The van der Waals surface area contributed by atoms with Crippen LogP contribution in [0, 0.1) is 0 Å². The molecule has 0 amide bonds. The molecule has 0 N–H and O–H groups in total. The van der Waals surface area contributed by atoms with Gasteiger partial charge in [0.15, 0.2) is 0 Å². The number of hydrogen-bond acceptors (Lipinski definition) is 1. The number of benzene rings is 4. The Balaban J connectivity index is 2.16. The van der Waals surface area contributed by atoms with E-state index in [4.69, 9.17) is 4.74 Å². The normalized spacial score (nSPS) is 11.0. The van der Waals surface area contributed by atoms with E-state index in [-0.39, 0.29) is 0 Å². The van der Waals surface area contributed by atoms with E-state index >= 15 is 0 Å². The van der Waals surface area contributed by atoms with E-state index in [9.17, 15) is 0 Å². The number of fused-ring (bicyclic) bond motifs is 3. The maximum atomic E-state index is 5.56. The van der Waals surface area contributed by atoms with Gasteiger partial charge in [0.25, 0.3) is 0 Å². The zero-order valence-corrected chi connectivity index (χ0v) is 12.4. The molecule has 0 spiro atoms. The van der Waals surface area contributed by atoms with E-state index in [1.54, 1.807) is 7.11 Å². The molecule has 0 bridgehead atoms. The molecule has 4 aromatic rings. The minimum Gasteiger partial charge on any atom is -0.496 e. The minimum absolute atomic E-state index is 0.905. The lowest BCUT2D eigenvalue weighted by atomic mass is 9.93. The van der Waals surface area contributed by atoms with Crippen molar-refractivity contribution >= 4 is 21.5 Å². The van der Waals surface area contributed by atoms with Crippen LogP contribution in [0.1, 0.15) is 0 Å². The summed E-state index contributed by atoms with van der Waals surface area (Å²) in [5.41, 5.74) is 2.35. The summed E-state index contributed by atoms with van der Waals surface area (Å²) in [4.78, 5) is 0. The van der Waals surface area contributed by atoms with Gasteiger partial charge < -0.3 is 4.74 Å². The van der Waals surface area contributed by atoms with Crippen molar-refractivity contribution in [3.63, 3.8) is 0 Å². The van der Waals surface area contributed by atoms with Gasteiger partial charge in [0.2, 0.25) is 0 Å². The van der Waals surface area contributed by atoms with E-state index in [1.807, 2.05) is 12.1 Å². The average Bonchev–Trinajstić information content (AvgIpc) is 2.61. The Bertz CT molecular complexity index is 970. The summed E-state index contributed by atoms with van der Waals surface area (Å²) in [6.07, 6.45) is 0. The van der Waals surface area contributed by atoms with Gasteiger partial charge in [0.05, 0.1) is 7.11 Å². The van der Waals surface area contributed by atoms with E-state index in [0.717, 1.165) is 11.3 Å². The standard InChI is InChI=1S/C21H16O/c1-22-21-13-7-6-12-19(21)20-14-15-8-2-3-9-16(15)17-10-4-5-11-18(17)20/h2-14H,1H3. The van der Waals surface area contributed by atoms with Crippen LogP contribution in [-0.4, -0.2) is 7.11 Å². The molecule has 0 aromatic heterocycles. The molecule has 22 heavy (non-hydrogen) atoms. The number of hydrogen-bond donors (Lipinski definition) is 0. The van der Waals surface area contributed by atoms with Gasteiger partial charge in [0, 0.05) is 5.56 Å². The Hall–Kier alpha value is -2.80. The summed E-state index contributed by atoms with van der Waals surface area (Å²) in [6, 6.07) is 27.6. The summed E-state index contributed by atoms with van der Waals surface area (Å²) in [5.74, 6) is 0.905. The SMILES string of the molecule is COc1ccccc1-c1cc2ccccc2c2ccccc12. The second kappa shape index (κ2) is 5.19. The average molecular weight is 284 g/mol. The van der Waals surface area contributed by atoms with E-state index in [0.29, 0.717) is 0 Å². The second-order valence-electron chi connectivity index (χ2n) is 5.39. The first-order chi connectivity index (χ1) is 10.9. The van der Waals surface area contributed by atoms with Gasteiger partial charge in [0.1, 0.15) is 5.75 Å². The van der Waals surface area contributed by atoms with Gasteiger partial charge in [-0.2, -0.15) is 0 Å². The quantitative estimate of drug-likeness (QED) is 0.431. The largest absolute Gasteiger partial charge is 0.496 e. The number of para-hydroxylation sites is 1. The lowest BCUT2D eigenvalue weighted by molar-refractivity contribution is 0.416. The van der Waals surface area contributed by atoms with Crippen LogP contribution in [0.15, 0.2) is 78.9 Å². The molecule has 4 rings (SSSR count). The maximum Gasteiger partial charge on any atom is 0.126 e. The molecule has 1 heteroatoms. The highest BCUT2D eigenvalue weighted by Gasteiger charge is 2.11. The van der Waals surface area contributed by atoms with E-state index in [1.165, 1.54) is 27.1 Å². The lowest BCUT2D eigenvalue weighted by Gasteiger charge is -2.13. The third kappa shape index (κ3) is 1.94. The Morgan fingerprint density at radius 3 is 2.05 bits per heavy atom.